The Balaban J connectivity index is 1.17. The monoisotopic (exact) mass is 646 g/mol. The lowest BCUT2D eigenvalue weighted by molar-refractivity contribution is -0.0455. The second kappa shape index (κ2) is 13.5. The molecule has 45 heavy (non-hydrogen) atoms. The van der Waals surface area contributed by atoms with Crippen LogP contribution in [0, 0.1) is 11.2 Å². The molecule has 11 nitrogen and oxygen atoms in total. The minimum atomic E-state index is -3.24. The van der Waals surface area contributed by atoms with Gasteiger partial charge >= 0.3 is 0 Å². The van der Waals surface area contributed by atoms with Crippen molar-refractivity contribution in [3.63, 3.8) is 0 Å². The second-order valence-corrected chi connectivity index (χ2v) is 15.3. The Kier molecular flexibility index (Phi) is 10.0. The molecule has 3 heterocycles. The van der Waals surface area contributed by atoms with Gasteiger partial charge < -0.3 is 24.5 Å². The molecule has 3 fully saturated rings. The highest BCUT2D eigenvalue weighted by molar-refractivity contribution is 7.89. The largest absolute Gasteiger partial charge is 0.451 e. The average molecular weight is 647 g/mol. The van der Waals surface area contributed by atoms with E-state index < -0.39 is 21.4 Å². The van der Waals surface area contributed by atoms with Crippen molar-refractivity contribution in [2.75, 3.05) is 49.9 Å². The van der Waals surface area contributed by atoms with Crippen LogP contribution in [-0.4, -0.2) is 102 Å². The summed E-state index contributed by atoms with van der Waals surface area (Å²) in [5.74, 6) is 0.576. The number of β-amino-alcohol motifs (C(OH)–C–C–N with tert-alkyl or cyclic N) is 1. The number of aromatic nitrogens is 2. The molecule has 3 aliphatic rings. The molecule has 0 bridgehead atoms. The molecule has 13 heteroatoms. The number of likely N-dealkylation sites (tertiary alicyclic amines) is 1. The lowest BCUT2D eigenvalue weighted by atomic mass is 9.71. The Morgan fingerprint density at radius 1 is 1.16 bits per heavy atom. The van der Waals surface area contributed by atoms with Crippen molar-refractivity contribution in [1.29, 1.82) is 0 Å². The summed E-state index contributed by atoms with van der Waals surface area (Å²) < 4.78 is 47.1. The fraction of sp³-hybridized carbons (Fsp3) is 0.656. The van der Waals surface area contributed by atoms with Crippen LogP contribution in [-0.2, 0) is 10.0 Å². The predicted molar refractivity (Wildman–Crippen MR) is 170 cm³/mol. The number of anilines is 1. The first-order valence-electron chi connectivity index (χ1n) is 16.1. The molecule has 248 valence electrons. The van der Waals surface area contributed by atoms with Crippen LogP contribution in [0.4, 0.5) is 10.2 Å². The van der Waals surface area contributed by atoms with E-state index in [2.05, 4.69) is 24.5 Å². The number of piperidine rings is 1. The molecule has 0 unspecified atom stereocenters. The molecular weight excluding hydrogens is 599 g/mol. The van der Waals surface area contributed by atoms with E-state index in [0.717, 1.165) is 39.0 Å². The third-order valence-corrected chi connectivity index (χ3v) is 11.2. The number of nitrogens with one attached hydrogen (secondary N) is 1. The minimum Gasteiger partial charge on any atom is -0.451 e. The number of hydrogen-bond acceptors (Lipinski definition) is 9. The molecule has 2 saturated heterocycles. The summed E-state index contributed by atoms with van der Waals surface area (Å²) in [7, 11) is -3.24. The number of carbonyl (C=O) groups excluding carboxylic acids is 1. The van der Waals surface area contributed by atoms with E-state index in [0.29, 0.717) is 50.3 Å². The molecule has 2 aromatic rings. The molecule has 1 aromatic carbocycles. The quantitative estimate of drug-likeness (QED) is 0.375. The van der Waals surface area contributed by atoms with Gasteiger partial charge in [0.1, 0.15) is 17.9 Å². The number of amides is 1. The van der Waals surface area contributed by atoms with Gasteiger partial charge in [0, 0.05) is 43.7 Å². The van der Waals surface area contributed by atoms with Crippen molar-refractivity contribution in [2.24, 2.45) is 5.41 Å². The van der Waals surface area contributed by atoms with Crippen LogP contribution in [0.25, 0.3) is 0 Å². The number of benzene rings is 1. The van der Waals surface area contributed by atoms with E-state index in [1.807, 2.05) is 20.8 Å². The Morgan fingerprint density at radius 2 is 1.84 bits per heavy atom. The van der Waals surface area contributed by atoms with Gasteiger partial charge in [-0.1, -0.05) is 0 Å². The zero-order chi connectivity index (χ0) is 32.4. The maximum absolute atomic E-state index is 14.3. The average Bonchev–Trinajstić information content (AvgIpc) is 2.99. The van der Waals surface area contributed by atoms with Gasteiger partial charge in [-0.05, 0) is 97.5 Å². The van der Waals surface area contributed by atoms with Crippen molar-refractivity contribution in [1.82, 2.24) is 24.5 Å². The van der Waals surface area contributed by atoms with E-state index in [-0.39, 0.29) is 40.5 Å². The number of aliphatic hydroxyl groups is 1. The molecule has 1 aromatic heterocycles. The van der Waals surface area contributed by atoms with Crippen LogP contribution >= 0.6 is 0 Å². The van der Waals surface area contributed by atoms with E-state index in [1.165, 1.54) is 24.5 Å². The topological polar surface area (TPSA) is 128 Å². The fourth-order valence-electron chi connectivity index (χ4n) is 6.99. The summed E-state index contributed by atoms with van der Waals surface area (Å²) in [6.45, 7) is 11.9. The van der Waals surface area contributed by atoms with Gasteiger partial charge in [-0.15, -0.1) is 0 Å². The van der Waals surface area contributed by atoms with E-state index >= 15 is 0 Å². The summed E-state index contributed by atoms with van der Waals surface area (Å²) >= 11 is 0. The van der Waals surface area contributed by atoms with Gasteiger partial charge in [0.2, 0.25) is 10.0 Å². The number of ether oxygens (including phenoxy) is 1. The number of nitrogens with zero attached hydrogens (tertiary/aromatic N) is 5. The number of sulfonamides is 1. The Hall–Kier alpha value is -2.87. The van der Waals surface area contributed by atoms with Crippen LogP contribution in [0.5, 0.6) is 11.5 Å². The molecule has 0 radical (unpaired) electrons. The molecule has 1 aliphatic carbocycles. The number of hydrogen-bond donors (Lipinski definition) is 2. The zero-order valence-electron chi connectivity index (χ0n) is 26.8. The molecule has 1 spiro atoms. The van der Waals surface area contributed by atoms with Crippen LogP contribution in [0.1, 0.15) is 76.6 Å². The fourth-order valence-corrected chi connectivity index (χ4v) is 7.90. The zero-order valence-corrected chi connectivity index (χ0v) is 27.7. The lowest BCUT2D eigenvalue weighted by Crippen LogP contribution is -2.61. The normalized spacial score (nSPS) is 23.6. The van der Waals surface area contributed by atoms with Crippen LogP contribution < -0.4 is 14.4 Å². The van der Waals surface area contributed by atoms with Crippen molar-refractivity contribution in [3.8, 4) is 11.5 Å². The first-order valence-corrected chi connectivity index (χ1v) is 17.8. The van der Waals surface area contributed by atoms with E-state index in [1.54, 1.807) is 18.0 Å². The van der Waals surface area contributed by atoms with Crippen LogP contribution in [0.3, 0.4) is 0 Å². The van der Waals surface area contributed by atoms with Gasteiger partial charge in [-0.2, -0.15) is 0 Å². The Bertz CT molecular complexity index is 1450. The first-order chi connectivity index (χ1) is 21.3. The SMILES string of the molecule is CCN(C(=O)c1cc(F)ccc1Oc1cncnc1N1CC2(CCN(CC3(O)CCC(NS(=O)(=O)CC)CC3)CC2)C1)C(C)C. The van der Waals surface area contributed by atoms with Crippen LogP contribution in [0.2, 0.25) is 0 Å². The van der Waals surface area contributed by atoms with Gasteiger partial charge in [0.25, 0.3) is 5.91 Å². The molecule has 1 saturated carbocycles. The summed E-state index contributed by atoms with van der Waals surface area (Å²) in [5, 5.41) is 11.3. The number of rotatable bonds is 11. The highest BCUT2D eigenvalue weighted by Crippen LogP contribution is 2.45. The highest BCUT2D eigenvalue weighted by Gasteiger charge is 2.47. The maximum atomic E-state index is 14.3. The van der Waals surface area contributed by atoms with Gasteiger partial charge in [-0.3, -0.25) is 4.79 Å². The van der Waals surface area contributed by atoms with Crippen molar-refractivity contribution in [3.05, 3.63) is 42.1 Å². The van der Waals surface area contributed by atoms with Crippen molar-refractivity contribution in [2.45, 2.75) is 83.9 Å². The number of halogens is 1. The van der Waals surface area contributed by atoms with Gasteiger partial charge in [-0.25, -0.2) is 27.5 Å². The third kappa shape index (κ3) is 7.75. The van der Waals surface area contributed by atoms with E-state index in [4.69, 9.17) is 4.74 Å². The first kappa shape index (κ1) is 33.5. The molecule has 2 aliphatic heterocycles. The standard InChI is InChI=1S/C32H47FN6O5S/c1-5-39(23(3)4)30(40)26-17-24(33)7-8-27(26)44-28-18-34-22-35-29(28)38-19-31(20-38)13-15-37(16-14-31)21-32(41)11-9-25(10-12-32)36-45(42,43)6-2/h7-8,17-18,22-23,25,36,41H,5-6,9-16,19-21H2,1-4H3. The third-order valence-electron chi connectivity index (χ3n) is 9.70. The predicted octanol–water partition coefficient (Wildman–Crippen LogP) is 3.79. The van der Waals surface area contributed by atoms with Crippen LogP contribution in [0.15, 0.2) is 30.7 Å². The molecule has 2 N–H and O–H groups in total. The van der Waals surface area contributed by atoms with Gasteiger partial charge in [0.05, 0.1) is 23.1 Å². The van der Waals surface area contributed by atoms with Gasteiger partial charge in [0.15, 0.2) is 11.6 Å². The molecular formula is C32H47FN6O5S. The Morgan fingerprint density at radius 3 is 2.47 bits per heavy atom. The highest BCUT2D eigenvalue weighted by atomic mass is 32.2. The second-order valence-electron chi connectivity index (χ2n) is 13.3. The smallest absolute Gasteiger partial charge is 0.257 e. The molecule has 1 amide bonds. The summed E-state index contributed by atoms with van der Waals surface area (Å²) in [6, 6.07) is 3.82. The number of carbonyl (C=O) groups is 1. The Labute approximate surface area is 266 Å². The van der Waals surface area contributed by atoms with Crippen molar-refractivity contribution < 1.29 is 27.4 Å². The minimum absolute atomic E-state index is 0.0511. The maximum Gasteiger partial charge on any atom is 0.257 e. The van der Waals surface area contributed by atoms with E-state index in [9.17, 15) is 22.7 Å². The summed E-state index contributed by atoms with van der Waals surface area (Å²) in [5.41, 5.74) is -0.487. The van der Waals surface area contributed by atoms with Crippen molar-refractivity contribution >= 4 is 21.7 Å². The summed E-state index contributed by atoms with van der Waals surface area (Å²) in [4.78, 5) is 28.2. The molecule has 5 rings (SSSR count). The summed E-state index contributed by atoms with van der Waals surface area (Å²) in [6.07, 6.45) is 7.53. The lowest BCUT2D eigenvalue weighted by Gasteiger charge is -2.55. The molecule has 0 atom stereocenters.